The first-order chi connectivity index (χ1) is 13.8. The molecule has 29 heavy (non-hydrogen) atoms. The summed E-state index contributed by atoms with van der Waals surface area (Å²) in [5, 5.41) is 4.12. The minimum absolute atomic E-state index is 0.0836. The molecule has 0 saturated carbocycles. The molecule has 1 saturated heterocycles. The Labute approximate surface area is 181 Å². The smallest absolute Gasteiger partial charge is 0.344 e. The molecule has 4 amide bonds. The summed E-state index contributed by atoms with van der Waals surface area (Å²) < 4.78 is 5.11. The lowest BCUT2D eigenvalue weighted by molar-refractivity contribution is -0.138. The maximum absolute atomic E-state index is 12.9. The van der Waals surface area contributed by atoms with E-state index in [0.717, 1.165) is 11.8 Å². The van der Waals surface area contributed by atoms with Crippen molar-refractivity contribution in [2.75, 3.05) is 12.9 Å². The molecule has 1 fully saturated rings. The molecule has 0 bridgehead atoms. The second kappa shape index (κ2) is 8.52. The number of halogens is 2. The Kier molecular flexibility index (Phi) is 6.26. The van der Waals surface area contributed by atoms with Crippen molar-refractivity contribution in [1.29, 1.82) is 0 Å². The minimum atomic E-state index is -1.31. The molecule has 1 aliphatic rings. The number of hydrogen-bond acceptors (Lipinski definition) is 5. The second-order valence-electron chi connectivity index (χ2n) is 6.30. The average molecular weight is 454 g/mol. The van der Waals surface area contributed by atoms with Gasteiger partial charge in [0.05, 0.1) is 22.9 Å². The summed E-state index contributed by atoms with van der Waals surface area (Å²) in [6.45, 7) is 1.57. The summed E-state index contributed by atoms with van der Waals surface area (Å²) in [4.78, 5) is 38.0. The van der Waals surface area contributed by atoms with Crippen molar-refractivity contribution in [3.05, 3.63) is 58.1 Å². The second-order valence-corrected chi connectivity index (χ2v) is 8.10. The average Bonchev–Trinajstić information content (AvgIpc) is 2.91. The highest BCUT2D eigenvalue weighted by Crippen LogP contribution is 2.34. The predicted molar refractivity (Wildman–Crippen MR) is 111 cm³/mol. The van der Waals surface area contributed by atoms with E-state index in [1.54, 1.807) is 49.4 Å². The number of carbonyl (C=O) groups is 3. The molecular weight excluding hydrogens is 437 g/mol. The Morgan fingerprint density at radius 3 is 2.38 bits per heavy atom. The Bertz CT molecular complexity index is 950. The lowest BCUT2D eigenvalue weighted by atomic mass is 9.92. The number of hydrazine groups is 1. The zero-order chi connectivity index (χ0) is 21.2. The number of urea groups is 1. The standard InChI is InChI=1S/C19H17Cl2N3O4S/c1-19(11-6-8-12(28-2)9-7-11)17(26)24(18(27)22-19)23-15(25)10-29-16-13(20)4-3-5-14(16)21/h3-9H,10H2,1-2H3,(H,22,27)(H,23,25). The zero-order valence-electron chi connectivity index (χ0n) is 15.5. The van der Waals surface area contributed by atoms with Gasteiger partial charge >= 0.3 is 6.03 Å². The van der Waals surface area contributed by atoms with Crippen LogP contribution >= 0.6 is 35.0 Å². The van der Waals surface area contributed by atoms with E-state index in [4.69, 9.17) is 27.9 Å². The summed E-state index contributed by atoms with van der Waals surface area (Å²) in [6, 6.07) is 11.0. The van der Waals surface area contributed by atoms with Gasteiger partial charge in [-0.25, -0.2) is 4.79 Å². The first-order valence-corrected chi connectivity index (χ1v) is 10.2. The third-order valence-electron chi connectivity index (χ3n) is 4.36. The predicted octanol–water partition coefficient (Wildman–Crippen LogP) is 3.59. The van der Waals surface area contributed by atoms with Crippen molar-refractivity contribution >= 4 is 52.8 Å². The molecule has 1 unspecified atom stereocenters. The number of benzene rings is 2. The number of nitrogens with zero attached hydrogens (tertiary/aromatic N) is 1. The molecule has 1 atom stereocenters. The highest BCUT2D eigenvalue weighted by Gasteiger charge is 2.50. The van der Waals surface area contributed by atoms with Crippen LogP contribution in [0, 0.1) is 0 Å². The summed E-state index contributed by atoms with van der Waals surface area (Å²) in [7, 11) is 1.53. The normalized spacial score (nSPS) is 18.6. The van der Waals surface area contributed by atoms with Gasteiger partial charge in [0.1, 0.15) is 11.3 Å². The zero-order valence-corrected chi connectivity index (χ0v) is 17.8. The van der Waals surface area contributed by atoms with Crippen LogP contribution < -0.4 is 15.5 Å². The molecule has 152 valence electrons. The van der Waals surface area contributed by atoms with Crippen molar-refractivity contribution in [1.82, 2.24) is 15.8 Å². The van der Waals surface area contributed by atoms with Crippen LogP contribution in [0.2, 0.25) is 10.0 Å². The van der Waals surface area contributed by atoms with Crippen molar-refractivity contribution in [3.63, 3.8) is 0 Å². The Morgan fingerprint density at radius 2 is 1.79 bits per heavy atom. The monoisotopic (exact) mass is 453 g/mol. The van der Waals surface area contributed by atoms with Gasteiger partial charge in [-0.1, -0.05) is 41.4 Å². The van der Waals surface area contributed by atoms with Crippen LogP contribution in [0.3, 0.4) is 0 Å². The number of amides is 4. The first-order valence-electron chi connectivity index (χ1n) is 8.44. The van der Waals surface area contributed by atoms with E-state index < -0.39 is 23.4 Å². The summed E-state index contributed by atoms with van der Waals surface area (Å²) in [5.74, 6) is -0.607. The number of imide groups is 1. The first kappa shape index (κ1) is 21.3. The number of thioether (sulfide) groups is 1. The van der Waals surface area contributed by atoms with E-state index in [-0.39, 0.29) is 5.75 Å². The fourth-order valence-electron chi connectivity index (χ4n) is 2.78. The molecule has 0 aromatic heterocycles. The summed E-state index contributed by atoms with van der Waals surface area (Å²) in [5.41, 5.74) is 1.59. The third-order valence-corrected chi connectivity index (χ3v) is 6.35. The Balaban J connectivity index is 1.68. The quantitative estimate of drug-likeness (QED) is 0.515. The van der Waals surface area contributed by atoms with Gasteiger partial charge in [0.25, 0.3) is 5.91 Å². The van der Waals surface area contributed by atoms with Gasteiger partial charge in [-0.2, -0.15) is 5.01 Å². The molecule has 1 aliphatic heterocycles. The van der Waals surface area contributed by atoms with E-state index in [0.29, 0.717) is 31.3 Å². The van der Waals surface area contributed by atoms with Crippen molar-refractivity contribution in [2.45, 2.75) is 17.4 Å². The fraction of sp³-hybridized carbons (Fsp3) is 0.211. The lowest BCUT2D eigenvalue weighted by Gasteiger charge is -2.22. The van der Waals surface area contributed by atoms with Gasteiger partial charge in [-0.3, -0.25) is 15.0 Å². The molecule has 2 N–H and O–H groups in total. The van der Waals surface area contributed by atoms with Crippen molar-refractivity contribution in [2.24, 2.45) is 0 Å². The molecule has 0 spiro atoms. The highest BCUT2D eigenvalue weighted by molar-refractivity contribution is 8.00. The van der Waals surface area contributed by atoms with E-state index in [2.05, 4.69) is 10.7 Å². The van der Waals surface area contributed by atoms with Crippen LogP contribution in [0.5, 0.6) is 5.75 Å². The number of hydrogen-bond donors (Lipinski definition) is 2. The maximum atomic E-state index is 12.9. The minimum Gasteiger partial charge on any atom is -0.497 e. The van der Waals surface area contributed by atoms with Crippen molar-refractivity contribution in [3.8, 4) is 5.75 Å². The van der Waals surface area contributed by atoms with Gasteiger partial charge < -0.3 is 10.1 Å². The molecule has 2 aromatic carbocycles. The molecule has 0 aliphatic carbocycles. The van der Waals surface area contributed by atoms with Gasteiger partial charge in [-0.15, -0.1) is 11.8 Å². The largest absolute Gasteiger partial charge is 0.497 e. The molecule has 0 radical (unpaired) electrons. The van der Waals surface area contributed by atoms with E-state index >= 15 is 0 Å². The van der Waals surface area contributed by atoms with Crippen molar-refractivity contribution < 1.29 is 19.1 Å². The summed E-state index contributed by atoms with van der Waals surface area (Å²) >= 11 is 13.3. The third kappa shape index (κ3) is 4.29. The molecule has 2 aromatic rings. The van der Waals surface area contributed by atoms with E-state index in [9.17, 15) is 14.4 Å². The molecule has 7 nitrogen and oxygen atoms in total. The van der Waals surface area contributed by atoms with E-state index in [1.165, 1.54) is 7.11 Å². The lowest BCUT2D eigenvalue weighted by Crippen LogP contribution is -2.48. The van der Waals surface area contributed by atoms with Crippen LogP contribution in [0.4, 0.5) is 4.79 Å². The SMILES string of the molecule is COc1ccc(C2(C)NC(=O)N(NC(=O)CSc3c(Cl)cccc3Cl)C2=O)cc1. The molecule has 3 rings (SSSR count). The fourth-order valence-corrected chi connectivity index (χ4v) is 4.25. The van der Waals surface area contributed by atoms with Crippen LogP contribution in [0.25, 0.3) is 0 Å². The topological polar surface area (TPSA) is 87.7 Å². The maximum Gasteiger partial charge on any atom is 0.344 e. The van der Waals surface area contributed by atoms with Crippen LogP contribution in [-0.4, -0.2) is 35.7 Å². The number of nitrogens with one attached hydrogen (secondary N) is 2. The van der Waals surface area contributed by atoms with Crippen LogP contribution in [-0.2, 0) is 15.1 Å². The molecule has 10 heteroatoms. The number of rotatable bonds is 6. The van der Waals surface area contributed by atoms with Gasteiger partial charge in [0.15, 0.2) is 0 Å². The van der Waals surface area contributed by atoms with E-state index in [1.807, 2.05) is 0 Å². The number of methoxy groups -OCH3 is 1. The number of ether oxygens (including phenoxy) is 1. The van der Waals surface area contributed by atoms with Gasteiger partial charge in [0, 0.05) is 4.90 Å². The Hall–Kier alpha value is -2.42. The Morgan fingerprint density at radius 1 is 1.17 bits per heavy atom. The molecule has 1 heterocycles. The van der Waals surface area contributed by atoms with Crippen LogP contribution in [0.1, 0.15) is 12.5 Å². The summed E-state index contributed by atoms with van der Waals surface area (Å²) in [6.07, 6.45) is 0. The number of carbonyl (C=O) groups excluding carboxylic acids is 3. The highest BCUT2D eigenvalue weighted by atomic mass is 35.5. The van der Waals surface area contributed by atoms with Gasteiger partial charge in [-0.05, 0) is 36.8 Å². The van der Waals surface area contributed by atoms with Gasteiger partial charge in [0.2, 0.25) is 5.91 Å². The van der Waals surface area contributed by atoms with Crippen LogP contribution in [0.15, 0.2) is 47.4 Å². The molecular formula is C19H17Cl2N3O4S.